The van der Waals surface area contributed by atoms with E-state index in [-0.39, 0.29) is 11.2 Å². The lowest BCUT2D eigenvalue weighted by atomic mass is 10.0. The SMILES string of the molecule is Cn1c(=O)n(C)c2cc3c(cc21)nc1c2cccc4cccc(c(=O)n31)c42. The van der Waals surface area contributed by atoms with E-state index in [1.807, 2.05) is 48.5 Å². The second-order valence-corrected chi connectivity index (χ2v) is 7.02. The third-order valence-electron chi connectivity index (χ3n) is 5.63. The van der Waals surface area contributed by atoms with Gasteiger partial charge in [0, 0.05) is 30.3 Å². The number of nitrogens with zero attached hydrogens (tertiary/aromatic N) is 4. The van der Waals surface area contributed by atoms with Crippen LogP contribution in [0.1, 0.15) is 0 Å². The third-order valence-corrected chi connectivity index (χ3v) is 5.63. The number of hydrogen-bond donors (Lipinski definition) is 0. The lowest BCUT2D eigenvalue weighted by molar-refractivity contribution is 0.795. The molecule has 3 aromatic carbocycles. The molecule has 0 aliphatic carbocycles. The number of imidazole rings is 2. The van der Waals surface area contributed by atoms with Gasteiger partial charge in [-0.2, -0.15) is 0 Å². The number of rotatable bonds is 0. The van der Waals surface area contributed by atoms with Gasteiger partial charge in [0.05, 0.1) is 22.1 Å². The standard InChI is InChI=1S/C21H14N4O2/c1-23-16-9-14-15(10-17(16)24(2)21(23)27)25-19(22-14)12-7-3-5-11-6-4-8-13(18(11)12)20(25)26/h3-10H,1-2H3. The highest BCUT2D eigenvalue weighted by molar-refractivity contribution is 6.15. The smallest absolute Gasteiger partial charge is 0.295 e. The molecule has 0 amide bonds. The fraction of sp³-hybridized carbons (Fsp3) is 0.0952. The van der Waals surface area contributed by atoms with Gasteiger partial charge in [0.2, 0.25) is 0 Å². The number of pyridine rings is 1. The van der Waals surface area contributed by atoms with E-state index in [0.29, 0.717) is 16.6 Å². The monoisotopic (exact) mass is 354 g/mol. The van der Waals surface area contributed by atoms with Crippen LogP contribution in [-0.2, 0) is 14.1 Å². The molecular formula is C21H14N4O2. The molecular weight excluding hydrogens is 340 g/mol. The Morgan fingerprint density at radius 1 is 0.815 bits per heavy atom. The molecule has 6 aromatic rings. The average molecular weight is 354 g/mol. The number of fused-ring (bicyclic) bond motifs is 5. The van der Waals surface area contributed by atoms with Crippen molar-refractivity contribution in [3.8, 4) is 0 Å². The van der Waals surface area contributed by atoms with E-state index < -0.39 is 0 Å². The van der Waals surface area contributed by atoms with Crippen LogP contribution in [0.5, 0.6) is 0 Å². The Balaban J connectivity index is 1.97. The van der Waals surface area contributed by atoms with Gasteiger partial charge in [-0.3, -0.25) is 18.3 Å². The van der Waals surface area contributed by atoms with Crippen molar-refractivity contribution in [1.29, 1.82) is 0 Å². The summed E-state index contributed by atoms with van der Waals surface area (Å²) in [7, 11) is 3.48. The summed E-state index contributed by atoms with van der Waals surface area (Å²) in [6, 6.07) is 15.6. The summed E-state index contributed by atoms with van der Waals surface area (Å²) in [5.41, 5.74) is 3.47. The second kappa shape index (κ2) is 4.54. The molecule has 6 heteroatoms. The molecule has 3 aromatic heterocycles. The first-order valence-electron chi connectivity index (χ1n) is 8.71. The zero-order valence-corrected chi connectivity index (χ0v) is 14.7. The van der Waals surface area contributed by atoms with Crippen LogP contribution in [0, 0.1) is 0 Å². The van der Waals surface area contributed by atoms with E-state index in [1.165, 1.54) is 0 Å². The van der Waals surface area contributed by atoms with Crippen LogP contribution < -0.4 is 11.2 Å². The number of benzene rings is 3. The predicted molar refractivity (Wildman–Crippen MR) is 107 cm³/mol. The molecule has 27 heavy (non-hydrogen) atoms. The molecule has 0 spiro atoms. The van der Waals surface area contributed by atoms with Crippen LogP contribution in [0.25, 0.3) is 49.3 Å². The first kappa shape index (κ1) is 14.5. The molecule has 0 saturated heterocycles. The Bertz CT molecular complexity index is 1680. The zero-order chi connectivity index (χ0) is 18.4. The van der Waals surface area contributed by atoms with Gasteiger partial charge in [0.15, 0.2) is 0 Å². The minimum Gasteiger partial charge on any atom is -0.295 e. The van der Waals surface area contributed by atoms with E-state index >= 15 is 0 Å². The Morgan fingerprint density at radius 2 is 1.48 bits per heavy atom. The maximum atomic E-state index is 13.3. The van der Waals surface area contributed by atoms with Gasteiger partial charge in [-0.15, -0.1) is 0 Å². The van der Waals surface area contributed by atoms with Gasteiger partial charge < -0.3 is 0 Å². The van der Waals surface area contributed by atoms with Crippen molar-refractivity contribution in [3.63, 3.8) is 0 Å². The quantitative estimate of drug-likeness (QED) is 0.421. The normalized spacial score (nSPS) is 12.4. The summed E-state index contributed by atoms with van der Waals surface area (Å²) < 4.78 is 4.87. The highest BCUT2D eigenvalue weighted by atomic mass is 16.1. The first-order chi connectivity index (χ1) is 13.1. The molecule has 0 radical (unpaired) electrons. The maximum absolute atomic E-state index is 13.3. The molecule has 130 valence electrons. The number of aromatic nitrogens is 4. The average Bonchev–Trinajstić information content (AvgIpc) is 3.16. The fourth-order valence-electron chi connectivity index (χ4n) is 4.28. The molecule has 3 heterocycles. The van der Waals surface area contributed by atoms with Crippen molar-refractivity contribution in [3.05, 3.63) is 69.4 Å². The van der Waals surface area contributed by atoms with Gasteiger partial charge in [-0.1, -0.05) is 30.3 Å². The maximum Gasteiger partial charge on any atom is 0.328 e. The van der Waals surface area contributed by atoms with Crippen LogP contribution in [0.2, 0.25) is 0 Å². The number of hydrogen-bond acceptors (Lipinski definition) is 3. The van der Waals surface area contributed by atoms with Gasteiger partial charge in [0.1, 0.15) is 5.65 Å². The van der Waals surface area contributed by atoms with Crippen molar-refractivity contribution in [2.75, 3.05) is 0 Å². The van der Waals surface area contributed by atoms with E-state index in [9.17, 15) is 9.59 Å². The summed E-state index contributed by atoms with van der Waals surface area (Å²) in [6.45, 7) is 0. The molecule has 0 aliphatic rings. The molecule has 0 atom stereocenters. The van der Waals surface area contributed by atoms with Crippen molar-refractivity contribution >= 4 is 49.3 Å². The van der Waals surface area contributed by atoms with Gasteiger partial charge in [-0.25, -0.2) is 9.78 Å². The van der Waals surface area contributed by atoms with Crippen LogP contribution in [0.15, 0.2) is 58.1 Å². The highest BCUT2D eigenvalue weighted by Crippen LogP contribution is 2.30. The summed E-state index contributed by atoms with van der Waals surface area (Å²) in [6.07, 6.45) is 0. The van der Waals surface area contributed by atoms with Gasteiger partial charge >= 0.3 is 5.69 Å². The van der Waals surface area contributed by atoms with Crippen LogP contribution in [0.3, 0.4) is 0 Å². The molecule has 0 bridgehead atoms. The van der Waals surface area contributed by atoms with Gasteiger partial charge in [0.25, 0.3) is 5.56 Å². The Morgan fingerprint density at radius 3 is 2.22 bits per heavy atom. The minimum absolute atomic E-state index is 0.0860. The molecule has 6 nitrogen and oxygen atoms in total. The number of aryl methyl sites for hydroxylation is 2. The molecule has 0 aliphatic heterocycles. The van der Waals surface area contributed by atoms with Crippen LogP contribution in [-0.4, -0.2) is 18.5 Å². The predicted octanol–water partition coefficient (Wildman–Crippen LogP) is 2.78. The zero-order valence-electron chi connectivity index (χ0n) is 14.7. The highest BCUT2D eigenvalue weighted by Gasteiger charge is 2.18. The summed E-state index contributed by atoms with van der Waals surface area (Å²) >= 11 is 0. The lowest BCUT2D eigenvalue weighted by Gasteiger charge is -2.06. The minimum atomic E-state index is -0.0991. The van der Waals surface area contributed by atoms with E-state index in [1.54, 1.807) is 27.6 Å². The largest absolute Gasteiger partial charge is 0.328 e. The fourth-order valence-corrected chi connectivity index (χ4v) is 4.28. The van der Waals surface area contributed by atoms with E-state index in [4.69, 9.17) is 4.98 Å². The summed E-state index contributed by atoms with van der Waals surface area (Å²) in [4.78, 5) is 30.4. The Labute approximate surface area is 151 Å². The Kier molecular flexibility index (Phi) is 2.43. The lowest BCUT2D eigenvalue weighted by Crippen LogP contribution is -2.19. The first-order valence-corrected chi connectivity index (χ1v) is 8.71. The molecule has 0 N–H and O–H groups in total. The van der Waals surface area contributed by atoms with Crippen LogP contribution in [0.4, 0.5) is 0 Å². The van der Waals surface area contributed by atoms with Crippen molar-refractivity contribution in [1.82, 2.24) is 18.5 Å². The van der Waals surface area contributed by atoms with E-state index in [0.717, 1.165) is 32.7 Å². The van der Waals surface area contributed by atoms with Gasteiger partial charge in [-0.05, 0) is 23.6 Å². The Hall–Kier alpha value is -3.67. The molecule has 0 unspecified atom stereocenters. The molecule has 0 saturated carbocycles. The van der Waals surface area contributed by atoms with Crippen molar-refractivity contribution in [2.45, 2.75) is 0 Å². The summed E-state index contributed by atoms with van der Waals surface area (Å²) in [5, 5.41) is 3.61. The third kappa shape index (κ3) is 1.58. The second-order valence-electron chi connectivity index (χ2n) is 7.02. The van der Waals surface area contributed by atoms with E-state index in [2.05, 4.69) is 0 Å². The van der Waals surface area contributed by atoms with Crippen molar-refractivity contribution in [2.24, 2.45) is 14.1 Å². The molecule has 0 fully saturated rings. The van der Waals surface area contributed by atoms with Crippen molar-refractivity contribution < 1.29 is 0 Å². The topological polar surface area (TPSA) is 61.3 Å². The summed E-state index contributed by atoms with van der Waals surface area (Å²) in [5.74, 6) is 0. The molecule has 6 rings (SSSR count). The van der Waals surface area contributed by atoms with Crippen LogP contribution >= 0.6 is 0 Å².